The topological polar surface area (TPSA) is 72.3 Å². The molecular weight excluding hydrogens is 1030 g/mol. The van der Waals surface area contributed by atoms with E-state index < -0.39 is 137 Å². The Morgan fingerprint density at radius 1 is 0.313 bits per heavy atom. The van der Waals surface area contributed by atoms with Crippen molar-refractivity contribution in [2.24, 2.45) is 0 Å². The van der Waals surface area contributed by atoms with Crippen LogP contribution < -0.4 is 15.0 Å². The predicted molar refractivity (Wildman–Crippen MR) is 199 cm³/mol. The van der Waals surface area contributed by atoms with Crippen molar-refractivity contribution in [3.63, 3.8) is 0 Å². The van der Waals surface area contributed by atoms with Gasteiger partial charge in [-0.25, -0.2) is 4.98 Å². The third-order valence-electron chi connectivity index (χ3n) is 9.99. The van der Waals surface area contributed by atoms with Crippen molar-refractivity contribution < 1.29 is 102 Å². The Balaban J connectivity index is 0.00000329. The molecule has 4 aromatic heterocycles. The summed E-state index contributed by atoms with van der Waals surface area (Å²) in [4.78, 5) is 17.2. The van der Waals surface area contributed by atoms with E-state index in [2.05, 4.69) is 19.9 Å². The standard InChI is InChI=1S/C43H17F18N4.Mo.O/c44-38(45,46)21-9-18(10-22(15-21)39(47,48)49)35-29-3-1-27(62-29)28-2-4-30(63-28)36(19-11-23(40(50,51)52)16-24(12-19)41(53,54)55)32-6-8-34(65-32)37(33-7-5-31(35)64-33)20-13-25(42(56,57)58)17-26(14-20)43(59,60)61;;/h1-17H;;/q-3;;. The van der Waals surface area contributed by atoms with Crippen LogP contribution in [0, 0.1) is 0 Å². The molecule has 5 nitrogen and oxygen atoms in total. The number of aromatic nitrogens is 4. The van der Waals surface area contributed by atoms with E-state index in [0.29, 0.717) is 44.0 Å². The van der Waals surface area contributed by atoms with E-state index in [0.717, 1.165) is 36.4 Å². The summed E-state index contributed by atoms with van der Waals surface area (Å²) in [6.45, 7) is 0. The van der Waals surface area contributed by atoms with Gasteiger partial charge in [0.05, 0.1) is 44.8 Å². The molecular formula is C43H17F18MoN4O-3. The van der Waals surface area contributed by atoms with E-state index in [4.69, 9.17) is 3.40 Å². The Kier molecular flexibility index (Phi) is 12.1. The minimum atomic E-state index is -5.45. The van der Waals surface area contributed by atoms with Crippen molar-refractivity contribution in [1.29, 1.82) is 0 Å². The number of nitrogens with zero attached hydrogens (tertiary/aromatic N) is 4. The van der Waals surface area contributed by atoms with Crippen molar-refractivity contribution >= 4 is 45.3 Å². The molecule has 0 unspecified atom stereocenters. The molecule has 350 valence electrons. The molecule has 0 atom stereocenters. The van der Waals surface area contributed by atoms with Crippen LogP contribution in [0.1, 0.15) is 44.8 Å². The summed E-state index contributed by atoms with van der Waals surface area (Å²) in [5.41, 5.74) is -18.6. The van der Waals surface area contributed by atoms with Crippen molar-refractivity contribution in [3.05, 3.63) is 136 Å². The van der Waals surface area contributed by atoms with Crippen molar-refractivity contribution in [2.45, 2.75) is 37.1 Å². The van der Waals surface area contributed by atoms with Crippen LogP contribution in [0.3, 0.4) is 0 Å². The summed E-state index contributed by atoms with van der Waals surface area (Å²) >= 11 is 0.700. The van der Waals surface area contributed by atoms with Crippen LogP contribution in [0.2, 0.25) is 0 Å². The van der Waals surface area contributed by atoms with Crippen molar-refractivity contribution in [3.8, 4) is 33.4 Å². The average Bonchev–Trinajstić information content (AvgIpc) is 4.06. The fourth-order valence-corrected chi connectivity index (χ4v) is 7.15. The molecule has 0 aliphatic carbocycles. The Labute approximate surface area is 372 Å². The maximum absolute atomic E-state index is 14.2. The van der Waals surface area contributed by atoms with E-state index in [1.165, 1.54) is 12.1 Å². The first-order chi connectivity index (χ1) is 30.9. The van der Waals surface area contributed by atoms with E-state index in [9.17, 15) is 79.0 Å². The van der Waals surface area contributed by atoms with Gasteiger partial charge in [0.15, 0.2) is 0 Å². The summed E-state index contributed by atoms with van der Waals surface area (Å²) in [6.07, 6.45) is -30.5. The molecule has 0 fully saturated rings. The van der Waals surface area contributed by atoms with Gasteiger partial charge in [0.25, 0.3) is 0 Å². The number of halogens is 18. The third kappa shape index (κ3) is 9.87. The first-order valence-electron chi connectivity index (χ1n) is 18.2. The number of fused-ring (bicyclic) bond motifs is 9. The first-order valence-corrected chi connectivity index (χ1v) is 19.0. The van der Waals surface area contributed by atoms with Gasteiger partial charge in [-0.05, 0) is 100 Å². The summed E-state index contributed by atoms with van der Waals surface area (Å²) in [7, 11) is 0. The molecule has 0 amide bonds. The first kappa shape index (κ1) is 48.5. The average molecular weight is 1040 g/mol. The van der Waals surface area contributed by atoms with Gasteiger partial charge < -0.3 is 15.0 Å². The number of hydrogen-bond acceptors (Lipinski definition) is 2. The second kappa shape index (κ2) is 16.7. The fourth-order valence-electron chi connectivity index (χ4n) is 7.15. The van der Waals surface area contributed by atoms with Gasteiger partial charge in [-0.1, -0.05) is 36.4 Å². The van der Waals surface area contributed by atoms with Crippen LogP contribution in [0.25, 0.3) is 78.6 Å². The van der Waals surface area contributed by atoms with Crippen LogP contribution in [0.15, 0.2) is 91.0 Å². The van der Waals surface area contributed by atoms with Crippen molar-refractivity contribution in [1.82, 2.24) is 19.9 Å². The maximum atomic E-state index is 14.2. The van der Waals surface area contributed by atoms with Gasteiger partial charge in [-0.2, -0.15) is 90.1 Å². The molecule has 5 heterocycles. The molecule has 0 saturated carbocycles. The molecule has 7 aromatic rings. The molecule has 3 aromatic carbocycles. The molecule has 8 bridgehead atoms. The minimum absolute atomic E-state index is 0.174. The fraction of sp³-hybridized carbons (Fsp3) is 0.140. The van der Waals surface area contributed by atoms with Gasteiger partial charge in [-0.3, -0.25) is 0 Å². The van der Waals surface area contributed by atoms with E-state index in [1.807, 2.05) is 0 Å². The van der Waals surface area contributed by atoms with Crippen LogP contribution in [-0.4, -0.2) is 4.98 Å². The van der Waals surface area contributed by atoms with Crippen LogP contribution >= 0.6 is 0 Å². The zero-order valence-corrected chi connectivity index (χ0v) is 34.2. The van der Waals surface area contributed by atoms with Crippen LogP contribution in [0.5, 0.6) is 0 Å². The molecule has 24 heteroatoms. The third-order valence-corrected chi connectivity index (χ3v) is 9.99. The number of hydrogen-bond donors (Lipinski definition) is 0. The Bertz CT molecular complexity index is 3120. The second-order valence-electron chi connectivity index (χ2n) is 14.4. The quantitative estimate of drug-likeness (QED) is 0.130. The van der Waals surface area contributed by atoms with Gasteiger partial charge in [0.2, 0.25) is 0 Å². The molecule has 67 heavy (non-hydrogen) atoms. The van der Waals surface area contributed by atoms with Crippen LogP contribution in [-0.2, 0) is 60.2 Å². The zero-order chi connectivity index (χ0) is 49.4. The van der Waals surface area contributed by atoms with Gasteiger partial charge in [0.1, 0.15) is 0 Å². The molecule has 0 N–H and O–H groups in total. The van der Waals surface area contributed by atoms with E-state index in [1.54, 1.807) is 0 Å². The normalized spacial score (nSPS) is 13.3. The zero-order valence-electron chi connectivity index (χ0n) is 32.2. The Morgan fingerprint density at radius 3 is 0.776 bits per heavy atom. The van der Waals surface area contributed by atoms with Gasteiger partial charge in [0, 0.05) is 0 Å². The number of benzene rings is 3. The van der Waals surface area contributed by atoms with Crippen LogP contribution in [0.4, 0.5) is 79.0 Å². The van der Waals surface area contributed by atoms with Gasteiger partial charge in [-0.15, -0.1) is 22.1 Å². The monoisotopic (exact) mass is 1050 g/mol. The summed E-state index contributed by atoms with van der Waals surface area (Å²) in [5, 5.41) is 0. The molecule has 8 rings (SSSR count). The summed E-state index contributed by atoms with van der Waals surface area (Å²) in [5.74, 6) is 0. The second-order valence-corrected chi connectivity index (χ2v) is 14.4. The SMILES string of the molecule is FC(F)(F)c1cc(-c2c3nc(c(-c4cc(C(F)(F)F)cc(C(F)(F)F)c4)c4ccc([n-]4)c4ccc([n-]4)c(-c4cc(C(F)(F)F)cc(C(F)(F)F)c4)c4ccc2[n-]4)C=C3)cc(C(F)(F)F)c1.[O]=[Mo]. The molecule has 1 aliphatic heterocycles. The number of rotatable bonds is 3. The molecule has 0 saturated heterocycles. The number of alkyl halides is 18. The molecule has 1 aliphatic rings. The van der Waals surface area contributed by atoms with Gasteiger partial charge >= 0.3 is 60.2 Å². The molecule has 0 spiro atoms. The summed E-state index contributed by atoms with van der Waals surface area (Å²) < 4.78 is 263. The molecule has 0 radical (unpaired) electrons. The van der Waals surface area contributed by atoms with E-state index >= 15 is 0 Å². The Morgan fingerprint density at radius 2 is 0.522 bits per heavy atom. The Hall–Kier alpha value is -6.38. The van der Waals surface area contributed by atoms with Crippen molar-refractivity contribution in [2.75, 3.05) is 0 Å². The van der Waals surface area contributed by atoms with E-state index in [-0.39, 0.29) is 41.4 Å². The predicted octanol–water partition coefficient (Wildman–Crippen LogP) is 14.6. The summed E-state index contributed by atoms with van der Waals surface area (Å²) in [6, 6.07) is 7.65.